The van der Waals surface area contributed by atoms with Crippen molar-refractivity contribution in [2.75, 3.05) is 6.26 Å². The van der Waals surface area contributed by atoms with Crippen LogP contribution in [0, 0.1) is 0 Å². The number of sulfone groups is 1. The van der Waals surface area contributed by atoms with Crippen LogP contribution in [0.5, 0.6) is 5.75 Å². The van der Waals surface area contributed by atoms with Crippen molar-refractivity contribution >= 4 is 15.8 Å². The Bertz CT molecular complexity index is 518. The smallest absolute Gasteiger partial charge is 0.344 e. The van der Waals surface area contributed by atoms with E-state index in [1.807, 2.05) is 6.92 Å². The Morgan fingerprint density at radius 2 is 1.89 bits per heavy atom. The van der Waals surface area contributed by atoms with Crippen LogP contribution < -0.4 is 4.74 Å². The number of unbranched alkanes of at least 4 members (excludes halogenated alkanes) is 1. The molecule has 1 rings (SSSR count). The van der Waals surface area contributed by atoms with Gasteiger partial charge in [0.2, 0.25) is 0 Å². The van der Waals surface area contributed by atoms with Crippen LogP contribution in [0.4, 0.5) is 0 Å². The van der Waals surface area contributed by atoms with Crippen LogP contribution in [0.3, 0.4) is 0 Å². The number of rotatable bonds is 7. The van der Waals surface area contributed by atoms with Crippen molar-refractivity contribution in [2.24, 2.45) is 0 Å². The van der Waals surface area contributed by atoms with Gasteiger partial charge in [0.15, 0.2) is 15.9 Å². The second-order valence-electron chi connectivity index (χ2n) is 4.33. The van der Waals surface area contributed by atoms with Crippen molar-refractivity contribution in [2.45, 2.75) is 37.2 Å². The maximum absolute atomic E-state index is 11.3. The first kappa shape index (κ1) is 15.5. The highest BCUT2D eigenvalue weighted by Crippen LogP contribution is 2.18. The van der Waals surface area contributed by atoms with Crippen molar-refractivity contribution in [3.63, 3.8) is 0 Å². The fourth-order valence-electron chi connectivity index (χ4n) is 1.55. The van der Waals surface area contributed by atoms with Gasteiger partial charge in [-0.25, -0.2) is 13.2 Å². The van der Waals surface area contributed by atoms with Gasteiger partial charge >= 0.3 is 5.97 Å². The number of carbonyl (C=O) groups is 1. The topological polar surface area (TPSA) is 80.7 Å². The summed E-state index contributed by atoms with van der Waals surface area (Å²) < 4.78 is 27.9. The second-order valence-corrected chi connectivity index (χ2v) is 6.35. The molecule has 1 aromatic rings. The zero-order valence-corrected chi connectivity index (χ0v) is 11.8. The van der Waals surface area contributed by atoms with E-state index in [-0.39, 0.29) is 4.90 Å². The van der Waals surface area contributed by atoms with Gasteiger partial charge < -0.3 is 9.84 Å². The van der Waals surface area contributed by atoms with Gasteiger partial charge in [-0.05, 0) is 37.1 Å². The van der Waals surface area contributed by atoms with Gasteiger partial charge in [-0.3, -0.25) is 0 Å². The summed E-state index contributed by atoms with van der Waals surface area (Å²) >= 11 is 0. The largest absolute Gasteiger partial charge is 0.479 e. The number of benzene rings is 1. The Kier molecular flexibility index (Phi) is 5.35. The zero-order chi connectivity index (χ0) is 14.5. The first-order chi connectivity index (χ1) is 8.84. The average molecular weight is 286 g/mol. The summed E-state index contributed by atoms with van der Waals surface area (Å²) in [4.78, 5) is 11.2. The molecule has 0 bridgehead atoms. The lowest BCUT2D eigenvalue weighted by Gasteiger charge is -2.14. The Balaban J connectivity index is 2.78. The molecule has 19 heavy (non-hydrogen) atoms. The summed E-state index contributed by atoms with van der Waals surface area (Å²) in [5.74, 6) is -0.656. The maximum Gasteiger partial charge on any atom is 0.344 e. The molecule has 1 aromatic carbocycles. The molecule has 6 heteroatoms. The molecule has 0 spiro atoms. The van der Waals surface area contributed by atoms with E-state index in [9.17, 15) is 13.2 Å². The highest BCUT2D eigenvalue weighted by molar-refractivity contribution is 7.90. The predicted octanol–water partition coefficient (Wildman–Crippen LogP) is 2.11. The summed E-state index contributed by atoms with van der Waals surface area (Å²) in [5, 5.41) is 9.02. The average Bonchev–Trinajstić information content (AvgIpc) is 2.33. The third-order valence-electron chi connectivity index (χ3n) is 2.63. The van der Waals surface area contributed by atoms with Crippen molar-refractivity contribution in [1.82, 2.24) is 0 Å². The van der Waals surface area contributed by atoms with Crippen LogP contribution in [-0.4, -0.2) is 31.9 Å². The molecule has 0 heterocycles. The molecule has 0 saturated carbocycles. The minimum atomic E-state index is -3.25. The predicted molar refractivity (Wildman–Crippen MR) is 71.1 cm³/mol. The minimum absolute atomic E-state index is 0.181. The van der Waals surface area contributed by atoms with Gasteiger partial charge in [0.25, 0.3) is 0 Å². The molecule has 5 nitrogen and oxygen atoms in total. The lowest BCUT2D eigenvalue weighted by atomic mass is 10.1. The first-order valence-corrected chi connectivity index (χ1v) is 7.93. The molecule has 1 N–H and O–H groups in total. The van der Waals surface area contributed by atoms with Crippen LogP contribution >= 0.6 is 0 Å². The van der Waals surface area contributed by atoms with Crippen molar-refractivity contribution in [3.05, 3.63) is 24.3 Å². The normalized spacial score (nSPS) is 12.9. The molecule has 0 aromatic heterocycles. The monoisotopic (exact) mass is 286 g/mol. The zero-order valence-electron chi connectivity index (χ0n) is 11.0. The van der Waals surface area contributed by atoms with Crippen LogP contribution in [0.1, 0.15) is 26.2 Å². The van der Waals surface area contributed by atoms with E-state index < -0.39 is 21.9 Å². The number of carboxylic acids is 1. The highest BCUT2D eigenvalue weighted by Gasteiger charge is 2.18. The van der Waals surface area contributed by atoms with E-state index in [0.717, 1.165) is 19.1 Å². The fourth-order valence-corrected chi connectivity index (χ4v) is 2.18. The summed E-state index contributed by atoms with van der Waals surface area (Å²) in [7, 11) is -3.25. The molecule has 0 aliphatic rings. The standard InChI is InChI=1S/C13H18O5S/c1-3-4-5-12(13(14)15)18-10-6-8-11(9-7-10)19(2,16)17/h6-9,12H,3-5H2,1-2H3,(H,14,15). The second kappa shape index (κ2) is 6.56. The number of hydrogen-bond acceptors (Lipinski definition) is 4. The first-order valence-electron chi connectivity index (χ1n) is 6.04. The highest BCUT2D eigenvalue weighted by atomic mass is 32.2. The van der Waals surface area contributed by atoms with Crippen LogP contribution in [0.25, 0.3) is 0 Å². The molecule has 0 radical (unpaired) electrons. The van der Waals surface area contributed by atoms with E-state index in [4.69, 9.17) is 9.84 Å². The molecule has 0 saturated heterocycles. The summed E-state index contributed by atoms with van der Waals surface area (Å²) in [6.07, 6.45) is 2.30. The number of carboxylic acid groups (broad SMARTS) is 1. The Hall–Kier alpha value is -1.56. The summed E-state index contributed by atoms with van der Waals surface area (Å²) in [6.45, 7) is 1.97. The molecule has 1 unspecified atom stereocenters. The molecular weight excluding hydrogens is 268 g/mol. The Labute approximate surface area is 113 Å². The number of aliphatic carboxylic acids is 1. The summed E-state index contributed by atoms with van der Waals surface area (Å²) in [5.41, 5.74) is 0. The van der Waals surface area contributed by atoms with Crippen molar-refractivity contribution < 1.29 is 23.1 Å². The van der Waals surface area contributed by atoms with E-state index in [1.165, 1.54) is 24.3 Å². The molecular formula is C13H18O5S. The molecule has 106 valence electrons. The Morgan fingerprint density at radius 1 is 1.32 bits per heavy atom. The van der Waals surface area contributed by atoms with Crippen LogP contribution in [-0.2, 0) is 14.6 Å². The van der Waals surface area contributed by atoms with Gasteiger partial charge in [0.05, 0.1) is 4.90 Å². The van der Waals surface area contributed by atoms with Gasteiger partial charge in [0, 0.05) is 6.26 Å². The van der Waals surface area contributed by atoms with Gasteiger partial charge in [-0.1, -0.05) is 13.3 Å². The fraction of sp³-hybridized carbons (Fsp3) is 0.462. The van der Waals surface area contributed by atoms with E-state index in [1.54, 1.807) is 0 Å². The molecule has 0 amide bonds. The van der Waals surface area contributed by atoms with Gasteiger partial charge in [-0.2, -0.15) is 0 Å². The van der Waals surface area contributed by atoms with Crippen molar-refractivity contribution in [1.29, 1.82) is 0 Å². The quantitative estimate of drug-likeness (QED) is 0.830. The summed E-state index contributed by atoms with van der Waals surface area (Å²) in [6, 6.07) is 5.75. The lowest BCUT2D eigenvalue weighted by Crippen LogP contribution is -2.26. The third kappa shape index (κ3) is 4.90. The molecule has 1 atom stereocenters. The maximum atomic E-state index is 11.3. The molecule has 0 aliphatic carbocycles. The van der Waals surface area contributed by atoms with E-state index in [2.05, 4.69) is 0 Å². The van der Waals surface area contributed by atoms with E-state index in [0.29, 0.717) is 12.2 Å². The Morgan fingerprint density at radius 3 is 2.32 bits per heavy atom. The number of ether oxygens (including phenoxy) is 1. The minimum Gasteiger partial charge on any atom is -0.479 e. The molecule has 0 aliphatic heterocycles. The van der Waals surface area contributed by atoms with Crippen LogP contribution in [0.15, 0.2) is 29.2 Å². The number of hydrogen-bond donors (Lipinski definition) is 1. The van der Waals surface area contributed by atoms with E-state index >= 15 is 0 Å². The third-order valence-corrected chi connectivity index (χ3v) is 3.75. The van der Waals surface area contributed by atoms with Crippen molar-refractivity contribution in [3.8, 4) is 5.75 Å². The van der Waals surface area contributed by atoms with Crippen LogP contribution in [0.2, 0.25) is 0 Å². The molecule has 0 fully saturated rings. The lowest BCUT2D eigenvalue weighted by molar-refractivity contribution is -0.145. The van der Waals surface area contributed by atoms with Gasteiger partial charge in [-0.15, -0.1) is 0 Å². The SMILES string of the molecule is CCCCC(Oc1ccc(S(C)(=O)=O)cc1)C(=O)O. The van der Waals surface area contributed by atoms with Gasteiger partial charge in [0.1, 0.15) is 5.75 Å².